The zero-order chi connectivity index (χ0) is 20.2. The van der Waals surface area contributed by atoms with Crippen LogP contribution in [0.2, 0.25) is 0 Å². The van der Waals surface area contributed by atoms with Gasteiger partial charge in [0.05, 0.1) is 5.69 Å². The molecule has 2 aromatic carbocycles. The first-order valence-electron chi connectivity index (χ1n) is 10.7. The second kappa shape index (κ2) is 8.85. The van der Waals surface area contributed by atoms with Gasteiger partial charge in [-0.15, -0.1) is 0 Å². The number of hydrogen-bond acceptors (Lipinski definition) is 3. The maximum Gasteiger partial charge on any atom is 0.263 e. The molecule has 0 N–H and O–H groups in total. The van der Waals surface area contributed by atoms with Crippen LogP contribution in [0.5, 0.6) is 5.75 Å². The molecule has 1 heterocycles. The molecule has 29 heavy (non-hydrogen) atoms. The summed E-state index contributed by atoms with van der Waals surface area (Å²) in [5.74, 6) is 0.601. The summed E-state index contributed by atoms with van der Waals surface area (Å²) in [5.41, 5.74) is 3.37. The van der Waals surface area contributed by atoms with Crippen LogP contribution in [0, 0.1) is 5.82 Å². The lowest BCUT2D eigenvalue weighted by Crippen LogP contribution is -2.52. The zero-order valence-electron chi connectivity index (χ0n) is 17.1. The van der Waals surface area contributed by atoms with Crippen LogP contribution in [0.4, 0.5) is 10.1 Å². The van der Waals surface area contributed by atoms with Gasteiger partial charge in [-0.25, -0.2) is 4.39 Å². The SMILES string of the molecule is CC[C@H](Oc1ccc2c(c1)CCCC2)C(=O)N1CCN(c2ccccc2F)CC1. The molecule has 1 saturated heterocycles. The maximum atomic E-state index is 14.0. The topological polar surface area (TPSA) is 32.8 Å². The molecule has 154 valence electrons. The fourth-order valence-electron chi connectivity index (χ4n) is 4.34. The van der Waals surface area contributed by atoms with E-state index in [1.165, 1.54) is 30.0 Å². The molecular formula is C24H29FN2O2. The molecule has 0 aromatic heterocycles. The Morgan fingerprint density at radius 2 is 1.76 bits per heavy atom. The van der Waals surface area contributed by atoms with Crippen molar-refractivity contribution in [1.82, 2.24) is 4.90 Å². The Labute approximate surface area is 172 Å². The summed E-state index contributed by atoms with van der Waals surface area (Å²) in [7, 11) is 0. The highest BCUT2D eigenvalue weighted by atomic mass is 19.1. The molecular weight excluding hydrogens is 367 g/mol. The smallest absolute Gasteiger partial charge is 0.263 e. The van der Waals surface area contributed by atoms with E-state index in [0.29, 0.717) is 38.3 Å². The number of amides is 1. The third-order valence-corrected chi connectivity index (χ3v) is 6.03. The van der Waals surface area contributed by atoms with Gasteiger partial charge in [0.15, 0.2) is 6.10 Å². The van der Waals surface area contributed by atoms with Crippen LogP contribution in [-0.2, 0) is 17.6 Å². The number of piperazine rings is 1. The Morgan fingerprint density at radius 1 is 1.03 bits per heavy atom. The molecule has 1 amide bonds. The van der Waals surface area contributed by atoms with Gasteiger partial charge in [0.1, 0.15) is 11.6 Å². The van der Waals surface area contributed by atoms with E-state index < -0.39 is 6.10 Å². The summed E-state index contributed by atoms with van der Waals surface area (Å²) in [5, 5.41) is 0. The number of rotatable bonds is 5. The van der Waals surface area contributed by atoms with Crippen molar-refractivity contribution < 1.29 is 13.9 Å². The number of fused-ring (bicyclic) bond motifs is 1. The Bertz CT molecular complexity index is 862. The molecule has 1 atom stereocenters. The fraction of sp³-hybridized carbons (Fsp3) is 0.458. The quantitative estimate of drug-likeness (QED) is 0.759. The monoisotopic (exact) mass is 396 g/mol. The van der Waals surface area contributed by atoms with Crippen molar-refractivity contribution in [1.29, 1.82) is 0 Å². The van der Waals surface area contributed by atoms with E-state index in [2.05, 4.69) is 12.1 Å². The minimum absolute atomic E-state index is 0.0263. The van der Waals surface area contributed by atoms with Crippen molar-refractivity contribution in [3.05, 3.63) is 59.4 Å². The molecule has 0 bridgehead atoms. The Balaban J connectivity index is 1.37. The van der Waals surface area contributed by atoms with Gasteiger partial charge in [-0.2, -0.15) is 0 Å². The van der Waals surface area contributed by atoms with Gasteiger partial charge in [0.2, 0.25) is 0 Å². The number of anilines is 1. The number of benzene rings is 2. The van der Waals surface area contributed by atoms with E-state index in [4.69, 9.17) is 4.74 Å². The number of carbonyl (C=O) groups excluding carboxylic acids is 1. The molecule has 0 radical (unpaired) electrons. The molecule has 2 aliphatic rings. The van der Waals surface area contributed by atoms with Crippen molar-refractivity contribution in [3.8, 4) is 5.75 Å². The number of halogens is 1. The fourth-order valence-corrected chi connectivity index (χ4v) is 4.34. The van der Waals surface area contributed by atoms with E-state index >= 15 is 0 Å². The highest BCUT2D eigenvalue weighted by Gasteiger charge is 2.28. The number of aryl methyl sites for hydroxylation is 2. The van der Waals surface area contributed by atoms with Gasteiger partial charge in [0.25, 0.3) is 5.91 Å². The normalized spacial score (nSPS) is 17.6. The molecule has 4 rings (SSSR count). The van der Waals surface area contributed by atoms with E-state index in [-0.39, 0.29) is 11.7 Å². The Hall–Kier alpha value is -2.56. The molecule has 4 nitrogen and oxygen atoms in total. The van der Waals surface area contributed by atoms with E-state index in [1.807, 2.05) is 28.9 Å². The Kier molecular flexibility index (Phi) is 6.02. The zero-order valence-corrected chi connectivity index (χ0v) is 17.1. The van der Waals surface area contributed by atoms with Gasteiger partial charge in [0, 0.05) is 26.2 Å². The average molecular weight is 397 g/mol. The molecule has 1 aliphatic heterocycles. The predicted molar refractivity (Wildman–Crippen MR) is 113 cm³/mol. The van der Waals surface area contributed by atoms with Crippen LogP contribution < -0.4 is 9.64 Å². The molecule has 1 fully saturated rings. The van der Waals surface area contributed by atoms with Gasteiger partial charge in [-0.3, -0.25) is 4.79 Å². The first-order chi connectivity index (χ1) is 14.2. The third-order valence-electron chi connectivity index (χ3n) is 6.03. The number of carbonyl (C=O) groups is 1. The summed E-state index contributed by atoms with van der Waals surface area (Å²) in [6.07, 6.45) is 4.86. The summed E-state index contributed by atoms with van der Waals surface area (Å²) in [6, 6.07) is 13.1. The lowest BCUT2D eigenvalue weighted by Gasteiger charge is -2.37. The highest BCUT2D eigenvalue weighted by Crippen LogP contribution is 2.27. The maximum absolute atomic E-state index is 14.0. The van der Waals surface area contributed by atoms with Crippen LogP contribution >= 0.6 is 0 Å². The molecule has 5 heteroatoms. The first kappa shape index (κ1) is 19.7. The summed E-state index contributed by atoms with van der Waals surface area (Å²) in [6.45, 7) is 4.40. The van der Waals surface area contributed by atoms with Gasteiger partial charge < -0.3 is 14.5 Å². The summed E-state index contributed by atoms with van der Waals surface area (Å²) < 4.78 is 20.1. The highest BCUT2D eigenvalue weighted by molar-refractivity contribution is 5.81. The number of para-hydroxylation sites is 1. The lowest BCUT2D eigenvalue weighted by molar-refractivity contribution is -0.139. The largest absolute Gasteiger partial charge is 0.481 e. The number of nitrogens with zero attached hydrogens (tertiary/aromatic N) is 2. The summed E-state index contributed by atoms with van der Waals surface area (Å²) in [4.78, 5) is 16.9. The molecule has 2 aromatic rings. The van der Waals surface area contributed by atoms with Crippen molar-refractivity contribution >= 4 is 11.6 Å². The van der Waals surface area contributed by atoms with Crippen LogP contribution in [0.25, 0.3) is 0 Å². The number of hydrogen-bond donors (Lipinski definition) is 0. The van der Waals surface area contributed by atoms with Crippen molar-refractivity contribution in [2.45, 2.75) is 45.1 Å². The van der Waals surface area contributed by atoms with Crippen LogP contribution in [0.1, 0.15) is 37.3 Å². The Morgan fingerprint density at radius 3 is 2.48 bits per heavy atom. The summed E-state index contributed by atoms with van der Waals surface area (Å²) >= 11 is 0. The van der Waals surface area contributed by atoms with Crippen molar-refractivity contribution in [2.75, 3.05) is 31.1 Å². The van der Waals surface area contributed by atoms with E-state index in [0.717, 1.165) is 18.6 Å². The minimum atomic E-state index is -0.475. The molecule has 0 saturated carbocycles. The third kappa shape index (κ3) is 4.39. The van der Waals surface area contributed by atoms with Gasteiger partial charge in [-0.1, -0.05) is 25.1 Å². The van der Waals surface area contributed by atoms with Crippen molar-refractivity contribution in [3.63, 3.8) is 0 Å². The molecule has 1 aliphatic carbocycles. The lowest BCUT2D eigenvalue weighted by atomic mass is 9.92. The van der Waals surface area contributed by atoms with Gasteiger partial charge >= 0.3 is 0 Å². The average Bonchev–Trinajstić information content (AvgIpc) is 2.77. The van der Waals surface area contributed by atoms with Crippen LogP contribution in [0.15, 0.2) is 42.5 Å². The van der Waals surface area contributed by atoms with Crippen molar-refractivity contribution in [2.24, 2.45) is 0 Å². The first-order valence-corrected chi connectivity index (χ1v) is 10.7. The standard InChI is InChI=1S/C24H29FN2O2/c1-2-23(29-20-12-11-18-7-3-4-8-19(18)17-20)24(28)27-15-13-26(14-16-27)22-10-6-5-9-21(22)25/h5-6,9-12,17,23H,2-4,7-8,13-16H2,1H3/t23-/m0/s1. The predicted octanol–water partition coefficient (Wildman–Crippen LogP) is 4.21. The minimum Gasteiger partial charge on any atom is -0.481 e. The molecule has 0 spiro atoms. The van der Waals surface area contributed by atoms with E-state index in [9.17, 15) is 9.18 Å². The second-order valence-corrected chi connectivity index (χ2v) is 7.92. The van der Waals surface area contributed by atoms with Gasteiger partial charge in [-0.05, 0) is 67.5 Å². The van der Waals surface area contributed by atoms with E-state index in [1.54, 1.807) is 12.1 Å². The number of ether oxygens (including phenoxy) is 1. The van der Waals surface area contributed by atoms with Crippen LogP contribution in [-0.4, -0.2) is 43.1 Å². The van der Waals surface area contributed by atoms with Crippen LogP contribution in [0.3, 0.4) is 0 Å². The second-order valence-electron chi connectivity index (χ2n) is 7.92. The molecule has 0 unspecified atom stereocenters.